The van der Waals surface area contributed by atoms with Gasteiger partial charge in [0.05, 0.1) is 11.4 Å². The summed E-state index contributed by atoms with van der Waals surface area (Å²) in [7, 11) is 3.91. The Kier molecular flexibility index (Phi) is 5.83. The lowest BCUT2D eigenvalue weighted by Crippen LogP contribution is -2.16. The smallest absolute Gasteiger partial charge is 0.123 e. The molecule has 2 heterocycles. The first-order valence-corrected chi connectivity index (χ1v) is 9.86. The van der Waals surface area contributed by atoms with Crippen molar-refractivity contribution < 1.29 is 4.39 Å². The topological polar surface area (TPSA) is 31.1 Å². The van der Waals surface area contributed by atoms with E-state index in [9.17, 15) is 4.39 Å². The van der Waals surface area contributed by atoms with Crippen molar-refractivity contribution in [1.82, 2.24) is 15.2 Å². The van der Waals surface area contributed by atoms with Crippen LogP contribution in [0.15, 0.2) is 54.4 Å². The van der Waals surface area contributed by atoms with Crippen LogP contribution in [0.4, 0.5) is 4.39 Å². The Bertz CT molecular complexity index is 1030. The number of halogens is 1. The zero-order valence-corrected chi connectivity index (χ0v) is 18.2. The third kappa shape index (κ3) is 4.07. The molecule has 4 heteroatoms. The quantitative estimate of drug-likeness (QED) is 0.647. The molecule has 152 valence electrons. The van der Waals surface area contributed by atoms with Gasteiger partial charge in [-0.05, 0) is 86.9 Å². The van der Waals surface area contributed by atoms with Gasteiger partial charge >= 0.3 is 0 Å². The van der Waals surface area contributed by atoms with E-state index >= 15 is 0 Å². The molecule has 0 aliphatic carbocycles. The molecule has 0 unspecified atom stereocenters. The van der Waals surface area contributed by atoms with E-state index in [1.807, 2.05) is 34.1 Å². The molecule has 0 bridgehead atoms. The molecule has 0 atom stereocenters. The molecular formula is C25H30FN3. The maximum absolute atomic E-state index is 13.8. The standard InChI is InChI=1S/C25H30FN3/c1-15-10-20(26)11-16(2)22(15)12-17(3)21(8-9-27-6)24-14-29(7)19(5)25-23(24)13-18(4)28-25/h8-11,13-14,27-28H,5,12H2,1-4,6-7H3/b9-8-,21-17-. The molecule has 1 aliphatic heterocycles. The fourth-order valence-electron chi connectivity index (χ4n) is 3.97. The van der Waals surface area contributed by atoms with Crippen LogP contribution in [-0.2, 0) is 6.42 Å². The number of aromatic amines is 1. The van der Waals surface area contributed by atoms with E-state index in [-0.39, 0.29) is 5.82 Å². The Morgan fingerprint density at radius 3 is 2.48 bits per heavy atom. The molecule has 2 aromatic rings. The van der Waals surface area contributed by atoms with Crippen LogP contribution in [0.25, 0.3) is 11.3 Å². The van der Waals surface area contributed by atoms with Gasteiger partial charge in [0.15, 0.2) is 0 Å². The number of hydrogen-bond donors (Lipinski definition) is 2. The van der Waals surface area contributed by atoms with Gasteiger partial charge in [-0.15, -0.1) is 0 Å². The third-order valence-electron chi connectivity index (χ3n) is 5.55. The number of allylic oxidation sites excluding steroid dienone is 4. The lowest BCUT2D eigenvalue weighted by Gasteiger charge is -2.27. The van der Waals surface area contributed by atoms with Crippen molar-refractivity contribution in [2.75, 3.05) is 14.1 Å². The number of nitrogens with zero attached hydrogens (tertiary/aromatic N) is 1. The zero-order valence-electron chi connectivity index (χ0n) is 18.2. The number of aryl methyl sites for hydroxylation is 3. The summed E-state index contributed by atoms with van der Waals surface area (Å²) in [5.74, 6) is -0.178. The average Bonchev–Trinajstić information content (AvgIpc) is 3.04. The van der Waals surface area contributed by atoms with Gasteiger partial charge in [-0.3, -0.25) is 0 Å². The summed E-state index contributed by atoms with van der Waals surface area (Å²) in [6.45, 7) is 12.4. The Balaban J connectivity index is 2.14. The second-order valence-electron chi connectivity index (χ2n) is 7.85. The number of rotatable bonds is 5. The van der Waals surface area contributed by atoms with Gasteiger partial charge in [-0.25, -0.2) is 4.39 Å². The van der Waals surface area contributed by atoms with Gasteiger partial charge in [0.2, 0.25) is 0 Å². The third-order valence-corrected chi connectivity index (χ3v) is 5.55. The molecule has 1 aliphatic rings. The SMILES string of the molecule is C=C1c2[nH]c(C)cc2C(C(/C=C\NC)=C(/C)Cc2c(C)cc(F)cc2C)=CN1C. The van der Waals surface area contributed by atoms with Gasteiger partial charge in [0, 0.05) is 37.1 Å². The van der Waals surface area contributed by atoms with Crippen molar-refractivity contribution >= 4 is 11.3 Å². The first-order valence-electron chi connectivity index (χ1n) is 9.86. The van der Waals surface area contributed by atoms with Crippen molar-refractivity contribution in [2.45, 2.75) is 34.1 Å². The Morgan fingerprint density at radius 1 is 1.21 bits per heavy atom. The van der Waals surface area contributed by atoms with Gasteiger partial charge in [0.25, 0.3) is 0 Å². The summed E-state index contributed by atoms with van der Waals surface area (Å²) in [4.78, 5) is 5.50. The predicted molar refractivity (Wildman–Crippen MR) is 121 cm³/mol. The van der Waals surface area contributed by atoms with Gasteiger partial charge in [-0.2, -0.15) is 0 Å². The van der Waals surface area contributed by atoms with Crippen molar-refractivity contribution in [3.63, 3.8) is 0 Å². The minimum Gasteiger partial charge on any atom is -0.394 e. The van der Waals surface area contributed by atoms with Gasteiger partial charge < -0.3 is 15.2 Å². The summed E-state index contributed by atoms with van der Waals surface area (Å²) in [6.07, 6.45) is 6.97. The highest BCUT2D eigenvalue weighted by Crippen LogP contribution is 2.38. The number of benzene rings is 1. The fraction of sp³-hybridized carbons (Fsp3) is 0.280. The van der Waals surface area contributed by atoms with Crippen LogP contribution >= 0.6 is 0 Å². The molecule has 1 aromatic carbocycles. The van der Waals surface area contributed by atoms with Crippen molar-refractivity contribution in [2.24, 2.45) is 0 Å². The second kappa shape index (κ2) is 8.16. The highest BCUT2D eigenvalue weighted by molar-refractivity contribution is 5.91. The predicted octanol–water partition coefficient (Wildman–Crippen LogP) is 5.63. The largest absolute Gasteiger partial charge is 0.394 e. The molecule has 0 radical (unpaired) electrons. The molecule has 3 nitrogen and oxygen atoms in total. The van der Waals surface area contributed by atoms with E-state index in [4.69, 9.17) is 0 Å². The van der Waals surface area contributed by atoms with Gasteiger partial charge in [0.1, 0.15) is 5.82 Å². The lowest BCUT2D eigenvalue weighted by atomic mass is 9.88. The maximum atomic E-state index is 13.8. The number of fused-ring (bicyclic) bond motifs is 1. The monoisotopic (exact) mass is 391 g/mol. The molecule has 0 amide bonds. The van der Waals surface area contributed by atoms with Crippen LogP contribution in [0, 0.1) is 26.6 Å². The summed E-state index contributed by atoms with van der Waals surface area (Å²) in [5, 5.41) is 3.10. The van der Waals surface area contributed by atoms with Crippen LogP contribution in [0.1, 0.15) is 40.6 Å². The van der Waals surface area contributed by atoms with E-state index in [0.717, 1.165) is 51.3 Å². The molecule has 0 spiro atoms. The maximum Gasteiger partial charge on any atom is 0.123 e. The molecule has 3 rings (SSSR count). The van der Waals surface area contributed by atoms with Crippen molar-refractivity contribution in [3.05, 3.63) is 93.9 Å². The molecule has 0 fully saturated rings. The fourth-order valence-corrected chi connectivity index (χ4v) is 3.97. The van der Waals surface area contributed by atoms with Crippen LogP contribution in [0.3, 0.4) is 0 Å². The average molecular weight is 392 g/mol. The minimum absolute atomic E-state index is 0.178. The van der Waals surface area contributed by atoms with E-state index in [1.165, 1.54) is 11.1 Å². The Morgan fingerprint density at radius 2 is 1.86 bits per heavy atom. The summed E-state index contributed by atoms with van der Waals surface area (Å²) in [5.41, 5.74) is 11.0. The normalized spacial score (nSPS) is 14.8. The van der Waals surface area contributed by atoms with Crippen LogP contribution in [0.5, 0.6) is 0 Å². The first kappa shape index (κ1) is 20.7. The summed E-state index contributed by atoms with van der Waals surface area (Å²) < 4.78 is 13.8. The zero-order chi connectivity index (χ0) is 21.3. The van der Waals surface area contributed by atoms with Crippen molar-refractivity contribution in [1.29, 1.82) is 0 Å². The van der Waals surface area contributed by atoms with E-state index in [1.54, 1.807) is 12.1 Å². The van der Waals surface area contributed by atoms with Crippen LogP contribution < -0.4 is 5.32 Å². The molecule has 2 N–H and O–H groups in total. The minimum atomic E-state index is -0.178. The molecule has 1 aromatic heterocycles. The Hall–Kier alpha value is -3.01. The molecular weight excluding hydrogens is 361 g/mol. The lowest BCUT2D eigenvalue weighted by molar-refractivity contribution is 0.624. The highest BCUT2D eigenvalue weighted by atomic mass is 19.1. The van der Waals surface area contributed by atoms with E-state index < -0.39 is 0 Å². The summed E-state index contributed by atoms with van der Waals surface area (Å²) in [6, 6.07) is 5.40. The number of aromatic nitrogens is 1. The van der Waals surface area contributed by atoms with Crippen LogP contribution in [-0.4, -0.2) is 24.0 Å². The van der Waals surface area contributed by atoms with Crippen LogP contribution in [0.2, 0.25) is 0 Å². The Labute approximate surface area is 173 Å². The first-order chi connectivity index (χ1) is 13.7. The highest BCUT2D eigenvalue weighted by Gasteiger charge is 2.23. The van der Waals surface area contributed by atoms with E-state index in [2.05, 4.69) is 54.0 Å². The number of hydrogen-bond acceptors (Lipinski definition) is 2. The second-order valence-corrected chi connectivity index (χ2v) is 7.85. The molecule has 0 saturated carbocycles. The number of H-pyrrole nitrogens is 1. The van der Waals surface area contributed by atoms with Gasteiger partial charge in [-0.1, -0.05) is 12.2 Å². The van der Waals surface area contributed by atoms with E-state index in [0.29, 0.717) is 0 Å². The molecule has 0 saturated heterocycles. The van der Waals surface area contributed by atoms with Crippen molar-refractivity contribution in [3.8, 4) is 0 Å². The summed E-state index contributed by atoms with van der Waals surface area (Å²) >= 11 is 0. The number of nitrogens with one attached hydrogen (secondary N) is 2. The molecule has 29 heavy (non-hydrogen) atoms.